The molecule has 5 N–H and O–H groups in total. The molecule has 1 aromatic heterocycles. The quantitative estimate of drug-likeness (QED) is 0.120. The fourth-order valence-electron chi connectivity index (χ4n) is 3.23. The number of aliphatic hydroxyl groups is 2. The summed E-state index contributed by atoms with van der Waals surface area (Å²) in [5.41, 5.74) is 6.50. The maximum absolute atomic E-state index is 13.1. The zero-order valence-corrected chi connectivity index (χ0v) is 22.8. The SMILES string of the molecule is CC(NC(=O)C(Cc1ccsc1)CC(C(N)CCS(C)(=O)=O)(S(=O)[O-])S(=O)[O-])C(=O)OC(CO)CO. The summed E-state index contributed by atoms with van der Waals surface area (Å²) in [6.45, 7) is -0.0826. The second kappa shape index (κ2) is 14.6. The van der Waals surface area contributed by atoms with Crippen molar-refractivity contribution < 1.29 is 50.5 Å². The molecular weight excluding hydrogens is 560 g/mol. The molecule has 36 heavy (non-hydrogen) atoms. The molecule has 0 aliphatic heterocycles. The van der Waals surface area contributed by atoms with Gasteiger partial charge in [-0.2, -0.15) is 11.3 Å². The normalized spacial score (nSPS) is 18.0. The predicted molar refractivity (Wildman–Crippen MR) is 131 cm³/mol. The molecule has 1 rings (SSSR count). The average molecular weight is 591 g/mol. The van der Waals surface area contributed by atoms with Gasteiger partial charge in [0.15, 0.2) is 0 Å². The molecule has 0 fully saturated rings. The summed E-state index contributed by atoms with van der Waals surface area (Å²) in [6, 6.07) is -1.34. The van der Waals surface area contributed by atoms with E-state index in [9.17, 15) is 35.5 Å². The highest BCUT2D eigenvalue weighted by atomic mass is 32.3. The van der Waals surface area contributed by atoms with E-state index in [0.29, 0.717) is 5.56 Å². The first-order valence-electron chi connectivity index (χ1n) is 10.5. The number of sulfone groups is 1. The van der Waals surface area contributed by atoms with E-state index in [2.05, 4.69) is 5.32 Å². The molecule has 17 heteroatoms. The number of amides is 1. The van der Waals surface area contributed by atoms with Crippen LogP contribution >= 0.6 is 11.3 Å². The molecule has 0 spiro atoms. The summed E-state index contributed by atoms with van der Waals surface area (Å²) >= 11 is -5.47. The van der Waals surface area contributed by atoms with Gasteiger partial charge < -0.3 is 35.1 Å². The molecule has 0 bridgehead atoms. The third kappa shape index (κ3) is 9.53. The second-order valence-electron chi connectivity index (χ2n) is 8.20. The lowest BCUT2D eigenvalue weighted by molar-refractivity contribution is -0.156. The van der Waals surface area contributed by atoms with Crippen molar-refractivity contribution in [2.75, 3.05) is 25.2 Å². The molecule has 5 unspecified atom stereocenters. The lowest BCUT2D eigenvalue weighted by Crippen LogP contribution is -2.57. The summed E-state index contributed by atoms with van der Waals surface area (Å²) in [4.78, 5) is 25.3. The van der Waals surface area contributed by atoms with Gasteiger partial charge >= 0.3 is 5.97 Å². The number of hydrogen-bond donors (Lipinski definition) is 4. The molecule has 0 aromatic carbocycles. The van der Waals surface area contributed by atoms with Crippen LogP contribution in [0.4, 0.5) is 0 Å². The Bertz CT molecular complexity index is 999. The van der Waals surface area contributed by atoms with Gasteiger partial charge in [0.2, 0.25) is 5.91 Å². The predicted octanol–water partition coefficient (Wildman–Crippen LogP) is -2.09. The number of nitrogens with one attached hydrogen (secondary N) is 1. The molecule has 0 radical (unpaired) electrons. The van der Waals surface area contributed by atoms with Crippen molar-refractivity contribution >= 4 is 55.2 Å². The molecule has 13 nitrogen and oxygen atoms in total. The van der Waals surface area contributed by atoms with E-state index in [4.69, 9.17) is 20.7 Å². The minimum atomic E-state index is -3.60. The highest BCUT2D eigenvalue weighted by molar-refractivity contribution is 7.99. The summed E-state index contributed by atoms with van der Waals surface area (Å²) in [6.07, 6.45) is -1.76. The van der Waals surface area contributed by atoms with Crippen LogP contribution in [0.5, 0.6) is 0 Å². The van der Waals surface area contributed by atoms with Crippen molar-refractivity contribution in [3.05, 3.63) is 22.4 Å². The summed E-state index contributed by atoms with van der Waals surface area (Å²) in [7, 11) is -3.60. The fourth-order valence-corrected chi connectivity index (χ4v) is 6.45. The van der Waals surface area contributed by atoms with Crippen LogP contribution in [0.1, 0.15) is 25.3 Å². The maximum atomic E-state index is 13.1. The Labute approximate surface area is 218 Å². The van der Waals surface area contributed by atoms with E-state index in [1.165, 1.54) is 18.3 Å². The number of aliphatic hydroxyl groups excluding tert-OH is 2. The Morgan fingerprint density at radius 3 is 2.28 bits per heavy atom. The van der Waals surface area contributed by atoms with Gasteiger partial charge in [0.05, 0.1) is 19.0 Å². The minimum absolute atomic E-state index is 0.109. The number of rotatable bonds is 16. The highest BCUT2D eigenvalue weighted by Crippen LogP contribution is 2.33. The number of carbonyl (C=O) groups is 2. The van der Waals surface area contributed by atoms with Crippen LogP contribution in [0, 0.1) is 5.92 Å². The van der Waals surface area contributed by atoms with Crippen LogP contribution in [-0.2, 0) is 52.7 Å². The van der Waals surface area contributed by atoms with Crippen LogP contribution in [-0.4, -0.2) is 95.5 Å². The van der Waals surface area contributed by atoms with Crippen molar-refractivity contribution in [3.8, 4) is 0 Å². The third-order valence-electron chi connectivity index (χ3n) is 5.30. The van der Waals surface area contributed by atoms with Gasteiger partial charge in [-0.1, -0.05) is 0 Å². The topological polar surface area (TPSA) is 236 Å². The van der Waals surface area contributed by atoms with E-state index in [1.807, 2.05) is 0 Å². The number of thiophene rings is 1. The first kappa shape index (κ1) is 32.7. The molecule has 1 aromatic rings. The molecule has 1 heterocycles. The smallest absolute Gasteiger partial charge is 0.328 e. The van der Waals surface area contributed by atoms with Crippen LogP contribution in [0.2, 0.25) is 0 Å². The van der Waals surface area contributed by atoms with E-state index >= 15 is 0 Å². The number of hydrogen-bond acceptors (Lipinski definition) is 13. The third-order valence-corrected chi connectivity index (χ3v) is 9.89. The zero-order valence-electron chi connectivity index (χ0n) is 19.6. The molecule has 0 aliphatic carbocycles. The van der Waals surface area contributed by atoms with Crippen molar-refractivity contribution in [1.82, 2.24) is 5.32 Å². The lowest BCUT2D eigenvalue weighted by atomic mass is 9.91. The first-order valence-corrected chi connectivity index (χ1v) is 15.7. The van der Waals surface area contributed by atoms with E-state index in [0.717, 1.165) is 6.26 Å². The highest BCUT2D eigenvalue weighted by Gasteiger charge is 2.44. The molecule has 208 valence electrons. The van der Waals surface area contributed by atoms with E-state index in [-0.39, 0.29) is 6.42 Å². The van der Waals surface area contributed by atoms with Gasteiger partial charge in [-0.25, -0.2) is 13.2 Å². The monoisotopic (exact) mass is 590 g/mol. The Morgan fingerprint density at radius 2 is 1.83 bits per heavy atom. The van der Waals surface area contributed by atoms with Crippen LogP contribution in [0.3, 0.4) is 0 Å². The van der Waals surface area contributed by atoms with Gasteiger partial charge in [-0.15, -0.1) is 0 Å². The number of ether oxygens (including phenoxy) is 1. The Balaban J connectivity index is 3.28. The largest absolute Gasteiger partial charge is 0.771 e. The van der Waals surface area contributed by atoms with E-state index in [1.54, 1.807) is 16.8 Å². The average Bonchev–Trinajstić information content (AvgIpc) is 3.30. The van der Waals surface area contributed by atoms with E-state index < -0.39 is 104 Å². The van der Waals surface area contributed by atoms with Crippen LogP contribution in [0.15, 0.2) is 16.8 Å². The number of carbonyl (C=O) groups excluding carboxylic acids is 2. The Morgan fingerprint density at radius 1 is 1.25 bits per heavy atom. The van der Waals surface area contributed by atoms with Crippen molar-refractivity contribution in [3.63, 3.8) is 0 Å². The van der Waals surface area contributed by atoms with Gasteiger partial charge in [-0.05, 0) is 70.7 Å². The molecule has 1 amide bonds. The zero-order chi connectivity index (χ0) is 27.7. The molecule has 0 saturated carbocycles. The molecule has 0 saturated heterocycles. The summed E-state index contributed by atoms with van der Waals surface area (Å²) in [5, 5.41) is 23.8. The number of esters is 1. The van der Waals surface area contributed by atoms with Gasteiger partial charge in [0.1, 0.15) is 26.1 Å². The van der Waals surface area contributed by atoms with Crippen molar-refractivity contribution in [1.29, 1.82) is 0 Å². The first-order chi connectivity index (χ1) is 16.7. The van der Waals surface area contributed by atoms with Crippen molar-refractivity contribution in [2.45, 2.75) is 48.5 Å². The van der Waals surface area contributed by atoms with Crippen LogP contribution in [0.25, 0.3) is 0 Å². The summed E-state index contributed by atoms with van der Waals surface area (Å²) in [5.74, 6) is -3.78. The minimum Gasteiger partial charge on any atom is -0.771 e. The van der Waals surface area contributed by atoms with Gasteiger partial charge in [0, 0.05) is 18.2 Å². The number of nitrogens with two attached hydrogens (primary N) is 1. The maximum Gasteiger partial charge on any atom is 0.328 e. The fraction of sp³-hybridized carbons (Fsp3) is 0.684. The Hall–Kier alpha value is -1.31. The second-order valence-corrected chi connectivity index (χ2v) is 13.9. The Kier molecular flexibility index (Phi) is 13.3. The van der Waals surface area contributed by atoms with Crippen LogP contribution < -0.4 is 11.1 Å². The lowest BCUT2D eigenvalue weighted by Gasteiger charge is -2.44. The molecule has 5 atom stereocenters. The molecular formula is C19H30N2O11S4-2. The summed E-state index contributed by atoms with van der Waals surface area (Å²) < 4.78 is 74.2. The standard InChI is InChI=1S/C19H32N2O11S4/c1-12(18(25)32-15(9-22)10-23)21-17(24)14(7-13-3-5-33-11-13)8-19(34(26)27,35(28)29)16(20)4-6-36(2,30)31/h3,5,11-12,14-16,22-23H,4,6-10,20H2,1-2H3,(H,21,24)(H,26,27)(H,28,29)/p-2. The van der Waals surface area contributed by atoms with Gasteiger partial charge in [-0.3, -0.25) is 13.2 Å². The van der Waals surface area contributed by atoms with Crippen molar-refractivity contribution in [2.24, 2.45) is 11.7 Å². The molecule has 0 aliphatic rings. The van der Waals surface area contributed by atoms with Gasteiger partial charge in [0.25, 0.3) is 0 Å².